The minimum absolute atomic E-state index is 0.0279. The summed E-state index contributed by atoms with van der Waals surface area (Å²) in [6.07, 6.45) is 2.81. The second-order valence-electron chi connectivity index (χ2n) is 5.87. The van der Waals surface area contributed by atoms with Gasteiger partial charge in [0.2, 0.25) is 0 Å². The van der Waals surface area contributed by atoms with Gasteiger partial charge in [-0.05, 0) is 37.2 Å². The van der Waals surface area contributed by atoms with E-state index in [-0.39, 0.29) is 23.1 Å². The molecule has 0 amide bonds. The molecule has 1 aliphatic rings. The normalized spacial score (nSPS) is 25.4. The molecule has 1 aromatic carbocycles. The van der Waals surface area contributed by atoms with Crippen LogP contribution in [0, 0.1) is 17.7 Å². The zero-order valence-electron chi connectivity index (χ0n) is 12.7. The predicted octanol–water partition coefficient (Wildman–Crippen LogP) is 3.40. The van der Waals surface area contributed by atoms with Crippen LogP contribution in [0.25, 0.3) is 0 Å². The fraction of sp³-hybridized carbons (Fsp3) is 0.562. The molecule has 1 aromatic rings. The Morgan fingerprint density at radius 2 is 2.00 bits per heavy atom. The SMILES string of the molecule is COC(=O)c1cc(OC2CCC(C)C(C)C2)c(F)cc1N. The van der Waals surface area contributed by atoms with Gasteiger partial charge in [-0.3, -0.25) is 0 Å². The molecule has 0 heterocycles. The number of rotatable bonds is 3. The Morgan fingerprint density at radius 1 is 1.29 bits per heavy atom. The maximum absolute atomic E-state index is 14.0. The van der Waals surface area contributed by atoms with Gasteiger partial charge in [-0.25, -0.2) is 9.18 Å². The lowest BCUT2D eigenvalue weighted by Crippen LogP contribution is -2.29. The number of nitrogens with two attached hydrogens (primary N) is 1. The maximum Gasteiger partial charge on any atom is 0.340 e. The van der Waals surface area contributed by atoms with Crippen molar-refractivity contribution in [3.8, 4) is 5.75 Å². The van der Waals surface area contributed by atoms with Crippen LogP contribution in [-0.2, 0) is 4.74 Å². The number of hydrogen-bond donors (Lipinski definition) is 1. The molecule has 2 rings (SSSR count). The molecule has 5 heteroatoms. The minimum Gasteiger partial charge on any atom is -0.487 e. The first-order chi connectivity index (χ1) is 9.92. The summed E-state index contributed by atoms with van der Waals surface area (Å²) in [5.74, 6) is 0.123. The van der Waals surface area contributed by atoms with Crippen molar-refractivity contribution in [1.29, 1.82) is 0 Å². The molecule has 1 saturated carbocycles. The molecule has 1 aliphatic carbocycles. The van der Waals surface area contributed by atoms with Crippen molar-refractivity contribution >= 4 is 11.7 Å². The van der Waals surface area contributed by atoms with Crippen molar-refractivity contribution in [1.82, 2.24) is 0 Å². The van der Waals surface area contributed by atoms with Gasteiger partial charge in [-0.2, -0.15) is 0 Å². The number of benzene rings is 1. The molecule has 0 bridgehead atoms. The summed E-state index contributed by atoms with van der Waals surface area (Å²) in [7, 11) is 1.26. The first kappa shape index (κ1) is 15.6. The first-order valence-electron chi connectivity index (χ1n) is 7.26. The van der Waals surface area contributed by atoms with E-state index in [1.165, 1.54) is 13.2 Å². The molecular weight excluding hydrogens is 273 g/mol. The number of carbonyl (C=O) groups is 1. The summed E-state index contributed by atoms with van der Waals surface area (Å²) in [6.45, 7) is 4.40. The Bertz CT molecular complexity index is 532. The Hall–Kier alpha value is -1.78. The summed E-state index contributed by atoms with van der Waals surface area (Å²) < 4.78 is 24.4. The molecule has 0 saturated heterocycles. The summed E-state index contributed by atoms with van der Waals surface area (Å²) in [4.78, 5) is 11.6. The van der Waals surface area contributed by atoms with Crippen LogP contribution in [0.3, 0.4) is 0 Å². The number of esters is 1. The van der Waals surface area contributed by atoms with Crippen LogP contribution in [0.15, 0.2) is 12.1 Å². The van der Waals surface area contributed by atoms with Gasteiger partial charge in [0, 0.05) is 11.8 Å². The number of methoxy groups -OCH3 is 1. The summed E-state index contributed by atoms with van der Waals surface area (Å²) >= 11 is 0. The minimum atomic E-state index is -0.594. The standard InChI is InChI=1S/C16H22FNO3/c1-9-4-5-11(6-10(9)2)21-15-7-12(16(19)20-3)14(18)8-13(15)17/h7-11H,4-6,18H2,1-3H3. The van der Waals surface area contributed by atoms with Gasteiger partial charge >= 0.3 is 5.97 Å². The van der Waals surface area contributed by atoms with E-state index in [9.17, 15) is 9.18 Å². The number of carbonyl (C=O) groups excluding carboxylic acids is 1. The van der Waals surface area contributed by atoms with Gasteiger partial charge < -0.3 is 15.2 Å². The van der Waals surface area contributed by atoms with Crippen molar-refractivity contribution < 1.29 is 18.7 Å². The van der Waals surface area contributed by atoms with Gasteiger partial charge in [0.15, 0.2) is 11.6 Å². The highest BCUT2D eigenvalue weighted by atomic mass is 19.1. The van der Waals surface area contributed by atoms with Crippen molar-refractivity contribution in [2.75, 3.05) is 12.8 Å². The molecule has 0 aliphatic heterocycles. The van der Waals surface area contributed by atoms with E-state index in [4.69, 9.17) is 10.5 Å². The zero-order valence-corrected chi connectivity index (χ0v) is 12.7. The van der Waals surface area contributed by atoms with Crippen LogP contribution in [0.4, 0.5) is 10.1 Å². The van der Waals surface area contributed by atoms with Crippen molar-refractivity contribution in [2.45, 2.75) is 39.2 Å². The van der Waals surface area contributed by atoms with Gasteiger partial charge in [0.05, 0.1) is 18.8 Å². The summed E-state index contributed by atoms with van der Waals surface area (Å²) in [5, 5.41) is 0. The lowest BCUT2D eigenvalue weighted by molar-refractivity contribution is 0.0599. The molecule has 1 fully saturated rings. The lowest BCUT2D eigenvalue weighted by Gasteiger charge is -2.32. The highest BCUT2D eigenvalue weighted by Gasteiger charge is 2.27. The Morgan fingerprint density at radius 3 is 2.62 bits per heavy atom. The van der Waals surface area contributed by atoms with Crippen LogP contribution in [0.2, 0.25) is 0 Å². The van der Waals surface area contributed by atoms with Gasteiger partial charge in [0.1, 0.15) is 0 Å². The number of anilines is 1. The highest BCUT2D eigenvalue weighted by molar-refractivity contribution is 5.95. The molecule has 4 nitrogen and oxygen atoms in total. The zero-order chi connectivity index (χ0) is 15.6. The quantitative estimate of drug-likeness (QED) is 0.686. The largest absolute Gasteiger partial charge is 0.487 e. The molecule has 116 valence electrons. The summed E-state index contributed by atoms with van der Waals surface area (Å²) in [5.41, 5.74) is 5.83. The number of hydrogen-bond acceptors (Lipinski definition) is 4. The van der Waals surface area contributed by atoms with E-state index in [2.05, 4.69) is 18.6 Å². The average Bonchev–Trinajstić information content (AvgIpc) is 2.45. The molecule has 21 heavy (non-hydrogen) atoms. The lowest BCUT2D eigenvalue weighted by atomic mass is 9.80. The fourth-order valence-corrected chi connectivity index (χ4v) is 2.73. The van der Waals surface area contributed by atoms with Gasteiger partial charge in [-0.1, -0.05) is 13.8 Å². The van der Waals surface area contributed by atoms with E-state index in [0.29, 0.717) is 11.8 Å². The third kappa shape index (κ3) is 3.46. The Kier molecular flexibility index (Phi) is 4.70. The average molecular weight is 295 g/mol. The Balaban J connectivity index is 2.18. The van der Waals surface area contributed by atoms with Crippen molar-refractivity contribution in [3.05, 3.63) is 23.5 Å². The summed E-state index contributed by atoms with van der Waals surface area (Å²) in [6, 6.07) is 2.44. The van der Waals surface area contributed by atoms with Crippen LogP contribution in [0.1, 0.15) is 43.5 Å². The molecule has 3 atom stereocenters. The molecule has 3 unspecified atom stereocenters. The van der Waals surface area contributed by atoms with E-state index in [1.807, 2.05) is 0 Å². The highest BCUT2D eigenvalue weighted by Crippen LogP contribution is 2.33. The van der Waals surface area contributed by atoms with Crippen molar-refractivity contribution in [2.24, 2.45) is 11.8 Å². The monoisotopic (exact) mass is 295 g/mol. The van der Waals surface area contributed by atoms with E-state index in [1.54, 1.807) is 0 Å². The van der Waals surface area contributed by atoms with Crippen LogP contribution < -0.4 is 10.5 Å². The molecule has 0 aromatic heterocycles. The fourth-order valence-electron chi connectivity index (χ4n) is 2.73. The number of ether oxygens (including phenoxy) is 2. The third-order valence-corrected chi connectivity index (χ3v) is 4.35. The third-order valence-electron chi connectivity index (χ3n) is 4.35. The predicted molar refractivity (Wildman–Crippen MR) is 78.7 cm³/mol. The molecular formula is C16H22FNO3. The smallest absolute Gasteiger partial charge is 0.340 e. The van der Waals surface area contributed by atoms with Gasteiger partial charge in [-0.15, -0.1) is 0 Å². The van der Waals surface area contributed by atoms with Crippen LogP contribution in [-0.4, -0.2) is 19.2 Å². The van der Waals surface area contributed by atoms with Gasteiger partial charge in [0.25, 0.3) is 0 Å². The van der Waals surface area contributed by atoms with Crippen LogP contribution in [0.5, 0.6) is 5.75 Å². The topological polar surface area (TPSA) is 61.5 Å². The number of nitrogen functional groups attached to an aromatic ring is 1. The van der Waals surface area contributed by atoms with E-state index in [0.717, 1.165) is 25.3 Å². The van der Waals surface area contributed by atoms with E-state index < -0.39 is 11.8 Å². The maximum atomic E-state index is 14.0. The first-order valence-corrected chi connectivity index (χ1v) is 7.26. The number of halogens is 1. The van der Waals surface area contributed by atoms with E-state index >= 15 is 0 Å². The van der Waals surface area contributed by atoms with Crippen molar-refractivity contribution in [3.63, 3.8) is 0 Å². The molecule has 2 N–H and O–H groups in total. The Labute approximate surface area is 124 Å². The van der Waals surface area contributed by atoms with Crippen LogP contribution >= 0.6 is 0 Å². The molecule has 0 spiro atoms. The second-order valence-corrected chi connectivity index (χ2v) is 5.87. The second kappa shape index (κ2) is 6.33. The molecule has 0 radical (unpaired) electrons.